The summed E-state index contributed by atoms with van der Waals surface area (Å²) in [5, 5.41) is 11.0. The lowest BCUT2D eigenvalue weighted by Gasteiger charge is -2.15. The van der Waals surface area contributed by atoms with E-state index in [1.807, 2.05) is 31.2 Å². The average molecular weight is 348 g/mol. The van der Waals surface area contributed by atoms with Gasteiger partial charge in [0.25, 0.3) is 5.69 Å². The van der Waals surface area contributed by atoms with E-state index in [0.717, 1.165) is 18.1 Å². The molecule has 0 unspecified atom stereocenters. The van der Waals surface area contributed by atoms with Gasteiger partial charge in [0.2, 0.25) is 10.0 Å². The van der Waals surface area contributed by atoms with Crippen LogP contribution in [0.5, 0.6) is 0 Å². The molecule has 0 saturated carbocycles. The molecule has 0 heterocycles. The van der Waals surface area contributed by atoms with Gasteiger partial charge >= 0.3 is 0 Å². The van der Waals surface area contributed by atoms with Crippen molar-refractivity contribution in [3.8, 4) is 0 Å². The van der Waals surface area contributed by atoms with Crippen LogP contribution < -0.4 is 4.72 Å². The minimum Gasteiger partial charge on any atom is -0.258 e. The Hall–Kier alpha value is -2.25. The number of rotatable bonds is 6. The van der Waals surface area contributed by atoms with Crippen LogP contribution >= 0.6 is 0 Å². The Labute approximate surface area is 141 Å². The number of sulfonamides is 1. The molecule has 2 aromatic rings. The van der Waals surface area contributed by atoms with Crippen molar-refractivity contribution in [2.45, 2.75) is 38.1 Å². The highest BCUT2D eigenvalue weighted by molar-refractivity contribution is 7.89. The maximum absolute atomic E-state index is 12.5. The smallest absolute Gasteiger partial charge is 0.258 e. The number of nitro groups is 1. The van der Waals surface area contributed by atoms with Gasteiger partial charge in [0, 0.05) is 17.7 Å². The Kier molecular flexibility index (Phi) is 5.36. The largest absolute Gasteiger partial charge is 0.273 e. The molecule has 24 heavy (non-hydrogen) atoms. The first-order valence-electron chi connectivity index (χ1n) is 7.61. The number of nitrogens with one attached hydrogen (secondary N) is 1. The van der Waals surface area contributed by atoms with Crippen LogP contribution in [0.3, 0.4) is 0 Å². The van der Waals surface area contributed by atoms with E-state index >= 15 is 0 Å². The van der Waals surface area contributed by atoms with Crippen LogP contribution in [0, 0.1) is 17.0 Å². The lowest BCUT2D eigenvalue weighted by Crippen LogP contribution is -2.27. The Morgan fingerprint density at radius 2 is 1.79 bits per heavy atom. The van der Waals surface area contributed by atoms with Crippen molar-refractivity contribution in [3.05, 3.63) is 69.3 Å². The molecule has 1 atom stereocenters. The molecule has 0 aliphatic rings. The summed E-state index contributed by atoms with van der Waals surface area (Å²) in [7, 11) is -3.85. The number of nitro benzene ring substituents is 1. The summed E-state index contributed by atoms with van der Waals surface area (Å²) >= 11 is 0. The maximum Gasteiger partial charge on any atom is 0.273 e. The van der Waals surface area contributed by atoms with E-state index in [2.05, 4.69) is 4.72 Å². The summed E-state index contributed by atoms with van der Waals surface area (Å²) in [4.78, 5) is 10.3. The Morgan fingerprint density at radius 3 is 2.33 bits per heavy atom. The molecule has 7 heteroatoms. The molecule has 0 fully saturated rings. The van der Waals surface area contributed by atoms with Gasteiger partial charge in [0.1, 0.15) is 0 Å². The second-order valence-electron chi connectivity index (χ2n) is 5.64. The van der Waals surface area contributed by atoms with Crippen molar-refractivity contribution >= 4 is 15.7 Å². The molecule has 0 bridgehead atoms. The summed E-state index contributed by atoms with van der Waals surface area (Å²) in [6.45, 7) is 5.35. The molecule has 0 amide bonds. The van der Waals surface area contributed by atoms with Crippen LogP contribution in [-0.4, -0.2) is 13.3 Å². The Bertz CT molecular complexity index is 845. The van der Waals surface area contributed by atoms with E-state index in [0.29, 0.717) is 5.56 Å². The fraction of sp³-hybridized carbons (Fsp3) is 0.294. The highest BCUT2D eigenvalue weighted by atomic mass is 32.2. The van der Waals surface area contributed by atoms with Gasteiger partial charge in [-0.15, -0.1) is 0 Å². The highest BCUT2D eigenvalue weighted by Gasteiger charge is 2.22. The predicted molar refractivity (Wildman–Crippen MR) is 92.4 cm³/mol. The molecule has 0 aromatic heterocycles. The predicted octanol–water partition coefficient (Wildman–Crippen LogP) is 3.51. The minimum atomic E-state index is -3.85. The molecule has 1 N–H and O–H groups in total. The second-order valence-corrected chi connectivity index (χ2v) is 7.36. The monoisotopic (exact) mass is 348 g/mol. The number of aryl methyl sites for hydroxylation is 2. The summed E-state index contributed by atoms with van der Waals surface area (Å²) in [5.74, 6) is 0. The fourth-order valence-electron chi connectivity index (χ4n) is 2.36. The molecule has 0 saturated heterocycles. The van der Waals surface area contributed by atoms with Gasteiger partial charge < -0.3 is 0 Å². The average Bonchev–Trinajstić information content (AvgIpc) is 2.54. The van der Waals surface area contributed by atoms with Crippen molar-refractivity contribution in [3.63, 3.8) is 0 Å². The first-order chi connectivity index (χ1) is 11.2. The van der Waals surface area contributed by atoms with Crippen LogP contribution in [0.25, 0.3) is 0 Å². The second kappa shape index (κ2) is 7.11. The molecule has 6 nitrogen and oxygen atoms in total. The van der Waals surface area contributed by atoms with E-state index in [9.17, 15) is 18.5 Å². The van der Waals surface area contributed by atoms with Gasteiger partial charge in [-0.05, 0) is 37.5 Å². The molecule has 0 radical (unpaired) electrons. The van der Waals surface area contributed by atoms with Gasteiger partial charge in [0.05, 0.1) is 9.82 Å². The van der Waals surface area contributed by atoms with Crippen molar-refractivity contribution in [2.75, 3.05) is 0 Å². The van der Waals surface area contributed by atoms with Gasteiger partial charge in [-0.3, -0.25) is 10.1 Å². The third-order valence-electron chi connectivity index (χ3n) is 3.91. The van der Waals surface area contributed by atoms with Crippen molar-refractivity contribution < 1.29 is 13.3 Å². The minimum absolute atomic E-state index is 0.114. The van der Waals surface area contributed by atoms with Crippen molar-refractivity contribution in [2.24, 2.45) is 0 Å². The zero-order valence-electron chi connectivity index (χ0n) is 13.8. The third kappa shape index (κ3) is 3.98. The maximum atomic E-state index is 12.5. The summed E-state index contributed by atoms with van der Waals surface area (Å²) in [5.41, 5.74) is 2.21. The summed E-state index contributed by atoms with van der Waals surface area (Å²) in [6.07, 6.45) is 0.910. The van der Waals surface area contributed by atoms with Crippen LogP contribution in [0.1, 0.15) is 36.6 Å². The Morgan fingerprint density at radius 1 is 1.17 bits per heavy atom. The molecule has 0 aliphatic heterocycles. The fourth-order valence-corrected chi connectivity index (χ4v) is 3.62. The van der Waals surface area contributed by atoms with Gasteiger partial charge in [-0.25, -0.2) is 13.1 Å². The standard InChI is InChI=1S/C17H20N2O4S/c1-4-14-6-8-15(9-7-14)13(3)18-24(22,23)16-10-5-12(2)17(11-16)19(20)21/h5-11,13,18H,4H2,1-3H3/t13-/m0/s1. The Balaban J connectivity index is 2.27. The summed E-state index contributed by atoms with van der Waals surface area (Å²) in [6, 6.07) is 11.1. The van der Waals surface area contributed by atoms with Crippen LogP contribution in [-0.2, 0) is 16.4 Å². The first-order valence-corrected chi connectivity index (χ1v) is 9.09. The molecule has 0 spiro atoms. The van der Waals surface area contributed by atoms with Gasteiger partial charge in [0.15, 0.2) is 0 Å². The lowest BCUT2D eigenvalue weighted by atomic mass is 10.1. The van der Waals surface area contributed by atoms with E-state index in [1.54, 1.807) is 13.8 Å². The SMILES string of the molecule is CCc1ccc([C@H](C)NS(=O)(=O)c2ccc(C)c([N+](=O)[O-])c2)cc1. The molecule has 0 aliphatic carbocycles. The number of benzene rings is 2. The van der Waals surface area contributed by atoms with Crippen molar-refractivity contribution in [1.29, 1.82) is 0 Å². The van der Waals surface area contributed by atoms with Crippen LogP contribution in [0.2, 0.25) is 0 Å². The van der Waals surface area contributed by atoms with Crippen LogP contribution in [0.15, 0.2) is 47.4 Å². The molecule has 2 rings (SSSR count). The quantitative estimate of drug-likeness (QED) is 0.639. The van der Waals surface area contributed by atoms with Gasteiger partial charge in [-0.2, -0.15) is 0 Å². The zero-order chi connectivity index (χ0) is 17.9. The van der Waals surface area contributed by atoms with E-state index < -0.39 is 21.0 Å². The number of hydrogen-bond acceptors (Lipinski definition) is 4. The van der Waals surface area contributed by atoms with E-state index in [1.165, 1.54) is 17.7 Å². The normalized spacial score (nSPS) is 12.8. The molecule has 128 valence electrons. The van der Waals surface area contributed by atoms with Crippen LogP contribution in [0.4, 0.5) is 5.69 Å². The molecular weight excluding hydrogens is 328 g/mol. The van der Waals surface area contributed by atoms with E-state index in [-0.39, 0.29) is 10.6 Å². The summed E-state index contributed by atoms with van der Waals surface area (Å²) < 4.78 is 27.5. The van der Waals surface area contributed by atoms with Crippen molar-refractivity contribution in [1.82, 2.24) is 4.72 Å². The molecule has 2 aromatic carbocycles. The number of hydrogen-bond donors (Lipinski definition) is 1. The first kappa shape index (κ1) is 18.1. The third-order valence-corrected chi connectivity index (χ3v) is 5.45. The number of nitrogens with zero attached hydrogens (tertiary/aromatic N) is 1. The zero-order valence-corrected chi connectivity index (χ0v) is 14.6. The molecular formula is C17H20N2O4S. The topological polar surface area (TPSA) is 89.3 Å². The highest BCUT2D eigenvalue weighted by Crippen LogP contribution is 2.24. The van der Waals surface area contributed by atoms with Gasteiger partial charge in [-0.1, -0.05) is 37.3 Å². The van der Waals surface area contributed by atoms with E-state index in [4.69, 9.17) is 0 Å². The lowest BCUT2D eigenvalue weighted by molar-refractivity contribution is -0.385.